The van der Waals surface area contributed by atoms with E-state index in [9.17, 15) is 13.2 Å². The number of nitrogens with zero attached hydrogens (tertiary/aromatic N) is 3. The number of amides is 2. The molecule has 2 N–H and O–H groups in total. The molecular formula is C18H27N5O4S. The minimum absolute atomic E-state index is 0.0565. The van der Waals surface area contributed by atoms with Crippen molar-refractivity contribution in [1.82, 2.24) is 14.1 Å². The minimum Gasteiger partial charge on any atom is -0.492 e. The predicted octanol–water partition coefficient (Wildman–Crippen LogP) is 2.83. The Morgan fingerprint density at radius 1 is 1.29 bits per heavy atom. The van der Waals surface area contributed by atoms with Crippen LogP contribution in [-0.2, 0) is 16.6 Å². The molecule has 1 aromatic heterocycles. The van der Waals surface area contributed by atoms with Gasteiger partial charge in [-0.15, -0.1) is 0 Å². The topological polar surface area (TPSA) is 106 Å². The van der Waals surface area contributed by atoms with Gasteiger partial charge in [-0.1, -0.05) is 13.8 Å². The van der Waals surface area contributed by atoms with E-state index < -0.39 is 16.1 Å². The number of ether oxygens (including phenoxy) is 1. The van der Waals surface area contributed by atoms with Gasteiger partial charge >= 0.3 is 6.03 Å². The van der Waals surface area contributed by atoms with Gasteiger partial charge in [0.2, 0.25) is 10.0 Å². The van der Waals surface area contributed by atoms with Gasteiger partial charge in [-0.3, -0.25) is 4.68 Å². The van der Waals surface area contributed by atoms with E-state index in [2.05, 4.69) is 29.6 Å². The number of sulfonamides is 1. The average molecular weight is 410 g/mol. The highest BCUT2D eigenvalue weighted by molar-refractivity contribution is 7.89. The van der Waals surface area contributed by atoms with Crippen molar-refractivity contribution in [2.45, 2.75) is 32.2 Å². The molecular weight excluding hydrogens is 382 g/mol. The molecule has 0 spiro atoms. The lowest BCUT2D eigenvalue weighted by Gasteiger charge is -2.16. The molecule has 0 aliphatic carbocycles. The summed E-state index contributed by atoms with van der Waals surface area (Å²) < 4.78 is 33.1. The molecule has 0 aliphatic rings. The number of aromatic nitrogens is 2. The molecule has 0 atom stereocenters. The fraction of sp³-hybridized carbons (Fsp3) is 0.444. The molecule has 0 aliphatic heterocycles. The van der Waals surface area contributed by atoms with Gasteiger partial charge in [0.05, 0.1) is 29.1 Å². The van der Waals surface area contributed by atoms with Crippen LogP contribution in [0, 0.1) is 5.92 Å². The maximum atomic E-state index is 12.4. The van der Waals surface area contributed by atoms with Crippen LogP contribution < -0.4 is 15.4 Å². The second-order valence-corrected chi connectivity index (χ2v) is 8.95. The number of hydrogen-bond acceptors (Lipinski definition) is 5. The molecule has 0 radical (unpaired) electrons. The number of anilines is 2. The van der Waals surface area contributed by atoms with Crippen LogP contribution in [0.4, 0.5) is 16.2 Å². The normalized spacial score (nSPS) is 11.7. The van der Waals surface area contributed by atoms with Gasteiger partial charge in [0.25, 0.3) is 0 Å². The Morgan fingerprint density at radius 2 is 2.00 bits per heavy atom. The van der Waals surface area contributed by atoms with Gasteiger partial charge < -0.3 is 15.4 Å². The van der Waals surface area contributed by atoms with Crippen molar-refractivity contribution in [1.29, 1.82) is 0 Å². The van der Waals surface area contributed by atoms with Crippen molar-refractivity contribution in [3.63, 3.8) is 0 Å². The standard InChI is InChI=1S/C18H27N5O4S/c1-6-27-17-8-7-15(28(25,26)22(4)5)9-16(17)21-18(24)20-14-10-19-23(12-14)11-13(2)3/h7-10,12-13H,6,11H2,1-5H3,(H2,20,21,24). The van der Waals surface area contributed by atoms with Crippen molar-refractivity contribution in [2.24, 2.45) is 5.92 Å². The highest BCUT2D eigenvalue weighted by Gasteiger charge is 2.20. The van der Waals surface area contributed by atoms with Gasteiger partial charge in [0, 0.05) is 26.8 Å². The Kier molecular flexibility index (Phi) is 7.03. The second-order valence-electron chi connectivity index (χ2n) is 6.80. The van der Waals surface area contributed by atoms with E-state index in [0.29, 0.717) is 24.0 Å². The van der Waals surface area contributed by atoms with Crippen LogP contribution in [0.3, 0.4) is 0 Å². The Hall–Kier alpha value is -2.59. The van der Waals surface area contributed by atoms with Crippen molar-refractivity contribution in [3.8, 4) is 5.75 Å². The Labute approximate surface area is 165 Å². The molecule has 1 aromatic carbocycles. The third kappa shape index (κ3) is 5.46. The number of hydrogen-bond donors (Lipinski definition) is 2. The molecule has 0 saturated carbocycles. The maximum absolute atomic E-state index is 12.4. The molecule has 0 bridgehead atoms. The quantitative estimate of drug-likeness (QED) is 0.697. The van der Waals surface area contributed by atoms with Gasteiger partial charge in [0.15, 0.2) is 0 Å². The molecule has 2 aromatic rings. The molecule has 9 nitrogen and oxygen atoms in total. The van der Waals surface area contributed by atoms with Crippen molar-refractivity contribution < 1.29 is 17.9 Å². The number of nitrogens with one attached hydrogen (secondary N) is 2. The Bertz CT molecular complexity index is 922. The average Bonchev–Trinajstić information content (AvgIpc) is 3.02. The number of carbonyl (C=O) groups excluding carboxylic acids is 1. The van der Waals surface area contributed by atoms with E-state index >= 15 is 0 Å². The SMILES string of the molecule is CCOc1ccc(S(=O)(=O)N(C)C)cc1NC(=O)Nc1cnn(CC(C)C)c1. The maximum Gasteiger partial charge on any atom is 0.323 e. The Balaban J connectivity index is 2.20. The highest BCUT2D eigenvalue weighted by atomic mass is 32.2. The van der Waals surface area contributed by atoms with Crippen LogP contribution in [0.25, 0.3) is 0 Å². The summed E-state index contributed by atoms with van der Waals surface area (Å²) in [6, 6.07) is 3.82. The van der Waals surface area contributed by atoms with Crippen LogP contribution in [0.5, 0.6) is 5.75 Å². The lowest BCUT2D eigenvalue weighted by atomic mass is 10.2. The molecule has 0 unspecified atom stereocenters. The van der Waals surface area contributed by atoms with E-state index in [0.717, 1.165) is 10.8 Å². The summed E-state index contributed by atoms with van der Waals surface area (Å²) in [6.07, 6.45) is 3.29. The fourth-order valence-corrected chi connectivity index (χ4v) is 3.37. The van der Waals surface area contributed by atoms with Crippen LogP contribution in [0.2, 0.25) is 0 Å². The lowest BCUT2D eigenvalue weighted by molar-refractivity contribution is 0.262. The molecule has 154 valence electrons. The number of benzene rings is 1. The number of urea groups is 1. The molecule has 2 amide bonds. The molecule has 1 heterocycles. The third-order valence-electron chi connectivity index (χ3n) is 3.72. The summed E-state index contributed by atoms with van der Waals surface area (Å²) in [5.74, 6) is 0.808. The van der Waals surface area contributed by atoms with Crippen LogP contribution in [0.1, 0.15) is 20.8 Å². The number of carbonyl (C=O) groups is 1. The van der Waals surface area contributed by atoms with Crippen molar-refractivity contribution in [3.05, 3.63) is 30.6 Å². The van der Waals surface area contributed by atoms with Gasteiger partial charge in [0.1, 0.15) is 5.75 Å². The predicted molar refractivity (Wildman–Crippen MR) is 108 cm³/mol. The second kappa shape index (κ2) is 9.07. The van der Waals surface area contributed by atoms with Crippen molar-refractivity contribution >= 4 is 27.4 Å². The van der Waals surface area contributed by atoms with Crippen LogP contribution in [-0.4, -0.2) is 49.2 Å². The first kappa shape index (κ1) is 21.7. The van der Waals surface area contributed by atoms with E-state index in [1.54, 1.807) is 24.0 Å². The molecule has 2 rings (SSSR count). The highest BCUT2D eigenvalue weighted by Crippen LogP contribution is 2.29. The molecule has 10 heteroatoms. The third-order valence-corrected chi connectivity index (χ3v) is 5.53. The summed E-state index contributed by atoms with van der Waals surface area (Å²) in [5.41, 5.74) is 0.796. The number of rotatable bonds is 8. The monoisotopic (exact) mass is 409 g/mol. The summed E-state index contributed by atoms with van der Waals surface area (Å²) in [4.78, 5) is 12.4. The van der Waals surface area contributed by atoms with Gasteiger partial charge in [-0.2, -0.15) is 5.10 Å². The fourth-order valence-electron chi connectivity index (χ4n) is 2.45. The smallest absolute Gasteiger partial charge is 0.323 e. The summed E-state index contributed by atoms with van der Waals surface area (Å²) in [5, 5.41) is 9.53. The summed E-state index contributed by atoms with van der Waals surface area (Å²) in [7, 11) is -0.752. The molecule has 0 saturated heterocycles. The first-order valence-corrected chi connectivity index (χ1v) is 10.4. The molecule has 0 fully saturated rings. The van der Waals surface area contributed by atoms with E-state index in [1.807, 2.05) is 0 Å². The first-order chi connectivity index (χ1) is 13.1. The summed E-state index contributed by atoms with van der Waals surface area (Å²) in [6.45, 7) is 7.06. The van der Waals surface area contributed by atoms with Crippen molar-refractivity contribution in [2.75, 3.05) is 31.3 Å². The zero-order valence-corrected chi connectivity index (χ0v) is 17.6. The van der Waals surface area contributed by atoms with Gasteiger partial charge in [-0.05, 0) is 31.0 Å². The van der Waals surface area contributed by atoms with Crippen LogP contribution >= 0.6 is 0 Å². The van der Waals surface area contributed by atoms with E-state index in [1.165, 1.54) is 32.3 Å². The minimum atomic E-state index is -3.64. The van der Waals surface area contributed by atoms with E-state index in [4.69, 9.17) is 4.74 Å². The molecule has 28 heavy (non-hydrogen) atoms. The first-order valence-electron chi connectivity index (χ1n) is 8.93. The summed E-state index contributed by atoms with van der Waals surface area (Å²) >= 11 is 0. The largest absolute Gasteiger partial charge is 0.492 e. The zero-order valence-electron chi connectivity index (χ0n) is 16.8. The zero-order chi connectivity index (χ0) is 20.9. The van der Waals surface area contributed by atoms with Crippen LogP contribution in [0.15, 0.2) is 35.5 Å². The lowest BCUT2D eigenvalue weighted by Crippen LogP contribution is -2.23. The van der Waals surface area contributed by atoms with Gasteiger partial charge in [-0.25, -0.2) is 17.5 Å². The Morgan fingerprint density at radius 3 is 2.61 bits per heavy atom. The van der Waals surface area contributed by atoms with E-state index in [-0.39, 0.29) is 10.6 Å².